The molecule has 0 saturated carbocycles. The van der Waals surface area contributed by atoms with E-state index in [2.05, 4.69) is 40.0 Å². The quantitative estimate of drug-likeness (QED) is 0.832. The monoisotopic (exact) mass is 331 g/mol. The zero-order valence-corrected chi connectivity index (χ0v) is 11.0. The lowest BCUT2D eigenvalue weighted by molar-refractivity contribution is -0.140. The highest BCUT2D eigenvalue weighted by atomic mass is 127. The Morgan fingerprint density at radius 2 is 2.25 bits per heavy atom. The van der Waals surface area contributed by atoms with Crippen LogP contribution in [0.1, 0.15) is 12.0 Å². The van der Waals surface area contributed by atoms with Gasteiger partial charge in [-0.25, -0.2) is 0 Å². The zero-order chi connectivity index (χ0) is 11.5. The van der Waals surface area contributed by atoms with Gasteiger partial charge in [-0.15, -0.1) is 0 Å². The molecule has 0 aromatic heterocycles. The maximum Gasteiger partial charge on any atom is 0.320 e. The van der Waals surface area contributed by atoms with Crippen LogP contribution in [0.25, 0.3) is 0 Å². The summed E-state index contributed by atoms with van der Waals surface area (Å²) in [5.41, 5.74) is 1.25. The number of nitrogens with one attached hydrogen (secondary N) is 1. The molecule has 16 heavy (non-hydrogen) atoms. The molecule has 1 saturated heterocycles. The SMILES string of the molecule is O=C(O)[C@H]1NCCC1Cc1ccccc1I. The van der Waals surface area contributed by atoms with E-state index in [0.29, 0.717) is 0 Å². The number of halogens is 1. The van der Waals surface area contributed by atoms with Gasteiger partial charge < -0.3 is 10.4 Å². The minimum absolute atomic E-state index is 0.216. The number of carboxylic acids is 1. The van der Waals surface area contributed by atoms with Gasteiger partial charge in [-0.05, 0) is 59.5 Å². The lowest BCUT2D eigenvalue weighted by atomic mass is 9.93. The minimum Gasteiger partial charge on any atom is -0.480 e. The van der Waals surface area contributed by atoms with E-state index in [-0.39, 0.29) is 12.0 Å². The van der Waals surface area contributed by atoms with Crippen LogP contribution in [0, 0.1) is 9.49 Å². The number of benzene rings is 1. The van der Waals surface area contributed by atoms with Gasteiger partial charge in [-0.2, -0.15) is 0 Å². The predicted molar refractivity (Wildman–Crippen MR) is 70.4 cm³/mol. The van der Waals surface area contributed by atoms with Gasteiger partial charge >= 0.3 is 5.97 Å². The minimum atomic E-state index is -0.728. The van der Waals surface area contributed by atoms with Gasteiger partial charge in [-0.3, -0.25) is 4.79 Å². The third-order valence-corrected chi connectivity index (χ3v) is 4.11. The molecule has 0 amide bonds. The first-order chi connectivity index (χ1) is 7.68. The molecule has 0 bridgehead atoms. The fourth-order valence-corrected chi connectivity index (χ4v) is 2.82. The maximum absolute atomic E-state index is 11.0. The molecule has 1 unspecified atom stereocenters. The Kier molecular flexibility index (Phi) is 3.81. The van der Waals surface area contributed by atoms with Crippen molar-refractivity contribution in [3.05, 3.63) is 33.4 Å². The molecule has 2 N–H and O–H groups in total. The summed E-state index contributed by atoms with van der Waals surface area (Å²) >= 11 is 2.30. The van der Waals surface area contributed by atoms with Crippen molar-refractivity contribution in [1.29, 1.82) is 0 Å². The molecule has 86 valence electrons. The van der Waals surface area contributed by atoms with Crippen LogP contribution in [0.15, 0.2) is 24.3 Å². The van der Waals surface area contributed by atoms with Gasteiger partial charge in [-0.1, -0.05) is 18.2 Å². The molecule has 1 fully saturated rings. The van der Waals surface area contributed by atoms with E-state index >= 15 is 0 Å². The van der Waals surface area contributed by atoms with Crippen molar-refractivity contribution in [1.82, 2.24) is 5.32 Å². The van der Waals surface area contributed by atoms with Crippen LogP contribution < -0.4 is 5.32 Å². The average molecular weight is 331 g/mol. The Morgan fingerprint density at radius 1 is 1.50 bits per heavy atom. The first kappa shape index (κ1) is 11.9. The van der Waals surface area contributed by atoms with E-state index in [0.717, 1.165) is 19.4 Å². The Balaban J connectivity index is 2.10. The summed E-state index contributed by atoms with van der Waals surface area (Å²) in [5.74, 6) is -0.512. The molecule has 0 radical (unpaired) electrons. The Morgan fingerprint density at radius 3 is 2.94 bits per heavy atom. The van der Waals surface area contributed by atoms with E-state index in [1.807, 2.05) is 12.1 Å². The summed E-state index contributed by atoms with van der Waals surface area (Å²) in [6.45, 7) is 0.811. The number of hydrogen-bond donors (Lipinski definition) is 2. The second-order valence-corrected chi connectivity index (χ2v) is 5.28. The molecule has 2 rings (SSSR count). The van der Waals surface area contributed by atoms with Crippen molar-refractivity contribution < 1.29 is 9.90 Å². The van der Waals surface area contributed by atoms with E-state index < -0.39 is 5.97 Å². The van der Waals surface area contributed by atoms with E-state index in [1.54, 1.807) is 0 Å². The molecule has 0 spiro atoms. The van der Waals surface area contributed by atoms with Crippen LogP contribution >= 0.6 is 22.6 Å². The largest absolute Gasteiger partial charge is 0.480 e. The predicted octanol–water partition coefficient (Wildman–Crippen LogP) is 1.90. The molecule has 1 aliphatic heterocycles. The molecule has 1 aliphatic rings. The van der Waals surface area contributed by atoms with Gasteiger partial charge in [0.2, 0.25) is 0 Å². The fourth-order valence-electron chi connectivity index (χ4n) is 2.21. The molecule has 1 aromatic carbocycles. The molecule has 1 aromatic rings. The van der Waals surface area contributed by atoms with Gasteiger partial charge in [0.05, 0.1) is 0 Å². The highest BCUT2D eigenvalue weighted by Gasteiger charge is 2.32. The molecule has 3 nitrogen and oxygen atoms in total. The summed E-state index contributed by atoms with van der Waals surface area (Å²) in [6, 6.07) is 7.78. The van der Waals surface area contributed by atoms with Gasteiger partial charge in [0, 0.05) is 3.57 Å². The number of hydrogen-bond acceptors (Lipinski definition) is 2. The number of carboxylic acid groups (broad SMARTS) is 1. The van der Waals surface area contributed by atoms with Crippen molar-refractivity contribution in [3.8, 4) is 0 Å². The second kappa shape index (κ2) is 5.14. The molecule has 1 heterocycles. The summed E-state index contributed by atoms with van der Waals surface area (Å²) < 4.78 is 1.22. The van der Waals surface area contributed by atoms with Crippen LogP contribution in [-0.4, -0.2) is 23.7 Å². The highest BCUT2D eigenvalue weighted by Crippen LogP contribution is 2.23. The Hall–Kier alpha value is -0.620. The molecule has 0 aliphatic carbocycles. The maximum atomic E-state index is 11.0. The van der Waals surface area contributed by atoms with Gasteiger partial charge in [0.15, 0.2) is 0 Å². The average Bonchev–Trinajstić information content (AvgIpc) is 2.69. The first-order valence-electron chi connectivity index (χ1n) is 5.38. The molecular weight excluding hydrogens is 317 g/mol. The Labute approximate surface area is 108 Å². The third kappa shape index (κ3) is 2.55. The molecule has 2 atom stereocenters. The van der Waals surface area contributed by atoms with Crippen molar-refractivity contribution in [2.24, 2.45) is 5.92 Å². The van der Waals surface area contributed by atoms with Gasteiger partial charge in [0.25, 0.3) is 0 Å². The topological polar surface area (TPSA) is 49.3 Å². The van der Waals surface area contributed by atoms with E-state index in [4.69, 9.17) is 5.11 Å². The third-order valence-electron chi connectivity index (χ3n) is 3.06. The lowest BCUT2D eigenvalue weighted by Gasteiger charge is -2.16. The number of aliphatic carboxylic acids is 1. The first-order valence-corrected chi connectivity index (χ1v) is 6.46. The zero-order valence-electron chi connectivity index (χ0n) is 8.82. The standard InChI is InChI=1S/C12H14INO2/c13-10-4-2-1-3-8(10)7-9-5-6-14-11(9)12(15)16/h1-4,9,11,14H,5-7H2,(H,15,16)/t9?,11-/m0/s1. The Bertz CT molecular complexity index is 394. The normalized spacial score (nSPS) is 24.6. The molecular formula is C12H14INO2. The number of rotatable bonds is 3. The van der Waals surface area contributed by atoms with Crippen LogP contribution in [-0.2, 0) is 11.2 Å². The molecule has 4 heteroatoms. The van der Waals surface area contributed by atoms with E-state index in [1.165, 1.54) is 9.13 Å². The van der Waals surface area contributed by atoms with Crippen LogP contribution in [0.4, 0.5) is 0 Å². The highest BCUT2D eigenvalue weighted by molar-refractivity contribution is 14.1. The summed E-state index contributed by atoms with van der Waals surface area (Å²) in [5, 5.41) is 12.1. The number of carbonyl (C=O) groups is 1. The fraction of sp³-hybridized carbons (Fsp3) is 0.417. The van der Waals surface area contributed by atoms with Gasteiger partial charge in [0.1, 0.15) is 6.04 Å². The van der Waals surface area contributed by atoms with Crippen LogP contribution in [0.2, 0.25) is 0 Å². The summed E-state index contributed by atoms with van der Waals surface area (Å²) in [6.07, 6.45) is 1.80. The summed E-state index contributed by atoms with van der Waals surface area (Å²) in [4.78, 5) is 11.0. The second-order valence-electron chi connectivity index (χ2n) is 4.11. The summed E-state index contributed by atoms with van der Waals surface area (Å²) in [7, 11) is 0. The van der Waals surface area contributed by atoms with Crippen molar-refractivity contribution >= 4 is 28.6 Å². The lowest BCUT2D eigenvalue weighted by Crippen LogP contribution is -2.36. The van der Waals surface area contributed by atoms with E-state index in [9.17, 15) is 4.79 Å². The van der Waals surface area contributed by atoms with Crippen molar-refractivity contribution in [3.63, 3.8) is 0 Å². The smallest absolute Gasteiger partial charge is 0.320 e. The van der Waals surface area contributed by atoms with Crippen molar-refractivity contribution in [2.45, 2.75) is 18.9 Å². The van der Waals surface area contributed by atoms with Crippen LogP contribution in [0.3, 0.4) is 0 Å². The van der Waals surface area contributed by atoms with Crippen LogP contribution in [0.5, 0.6) is 0 Å². The van der Waals surface area contributed by atoms with Crippen molar-refractivity contribution in [2.75, 3.05) is 6.54 Å².